The van der Waals surface area contributed by atoms with Gasteiger partial charge in [0.1, 0.15) is 23.4 Å². The lowest BCUT2D eigenvalue weighted by molar-refractivity contribution is 0.0434. The van der Waals surface area contributed by atoms with Gasteiger partial charge in [-0.1, -0.05) is 25.5 Å². The Morgan fingerprint density at radius 2 is 2.13 bits per heavy atom. The van der Waals surface area contributed by atoms with E-state index >= 15 is 0 Å². The van der Waals surface area contributed by atoms with E-state index in [1.807, 2.05) is 37.4 Å². The number of para-hydroxylation sites is 1. The molecule has 2 aliphatic rings. The number of halogens is 1. The molecule has 31 heavy (non-hydrogen) atoms. The van der Waals surface area contributed by atoms with Gasteiger partial charge in [0.2, 0.25) is 5.28 Å². The number of nitrogens with one attached hydrogen (secondary N) is 1. The molecule has 0 saturated carbocycles. The first-order valence-electron chi connectivity index (χ1n) is 10.6. The van der Waals surface area contributed by atoms with Crippen LogP contribution in [0, 0.1) is 6.92 Å². The number of amides is 2. The van der Waals surface area contributed by atoms with Crippen LogP contribution in [0.25, 0.3) is 0 Å². The molecular formula is C22H27ClN6O2. The summed E-state index contributed by atoms with van der Waals surface area (Å²) in [6, 6.07) is 7.79. The highest BCUT2D eigenvalue weighted by atomic mass is 35.5. The van der Waals surface area contributed by atoms with E-state index < -0.39 is 0 Å². The molecule has 1 aromatic heterocycles. The van der Waals surface area contributed by atoms with Crippen molar-refractivity contribution in [3.63, 3.8) is 0 Å². The minimum atomic E-state index is -0.0596. The monoisotopic (exact) mass is 442 g/mol. The molecule has 8 nitrogen and oxygen atoms in total. The first-order chi connectivity index (χ1) is 15.0. The zero-order chi connectivity index (χ0) is 21.8. The van der Waals surface area contributed by atoms with Gasteiger partial charge in [-0.2, -0.15) is 0 Å². The summed E-state index contributed by atoms with van der Waals surface area (Å²) in [5.74, 6) is 1.55. The minimum absolute atomic E-state index is 0.0197. The average molecular weight is 443 g/mol. The minimum Gasteiger partial charge on any atom is -0.484 e. The molecule has 2 amide bonds. The summed E-state index contributed by atoms with van der Waals surface area (Å²) in [6.07, 6.45) is 5.55. The normalized spacial score (nSPS) is 16.9. The van der Waals surface area contributed by atoms with Crippen molar-refractivity contribution in [3.8, 4) is 5.75 Å². The number of hydrogen-bond acceptors (Lipinski definition) is 6. The Bertz CT molecular complexity index is 957. The SMILES string of the molecule is CCCC=Nc1c(C)cccc1OC1CN(C(=O)NC2CN(c3ccnc(Cl)n3)C2)C1. The van der Waals surface area contributed by atoms with Crippen LogP contribution in [0.1, 0.15) is 25.3 Å². The Morgan fingerprint density at radius 3 is 2.87 bits per heavy atom. The fourth-order valence-electron chi connectivity index (χ4n) is 3.56. The number of benzene rings is 1. The zero-order valence-electron chi connectivity index (χ0n) is 17.8. The summed E-state index contributed by atoms with van der Waals surface area (Å²) in [7, 11) is 0. The van der Waals surface area contributed by atoms with Crippen LogP contribution in [0.3, 0.4) is 0 Å². The summed E-state index contributed by atoms with van der Waals surface area (Å²) in [4.78, 5) is 29.0. The third-order valence-electron chi connectivity index (χ3n) is 5.41. The quantitative estimate of drug-likeness (QED) is 0.523. The van der Waals surface area contributed by atoms with Gasteiger partial charge in [-0.3, -0.25) is 4.99 Å². The highest BCUT2D eigenvalue weighted by Crippen LogP contribution is 2.33. The van der Waals surface area contributed by atoms with Crippen molar-refractivity contribution >= 4 is 35.4 Å². The summed E-state index contributed by atoms with van der Waals surface area (Å²) in [5, 5.41) is 3.29. The Balaban J connectivity index is 1.23. The number of unbranched alkanes of at least 4 members (excludes halogenated alkanes) is 1. The fraction of sp³-hybridized carbons (Fsp3) is 0.455. The number of aliphatic imine (C=N–C) groups is 1. The van der Waals surface area contributed by atoms with Crippen molar-refractivity contribution in [3.05, 3.63) is 41.3 Å². The molecule has 2 fully saturated rings. The zero-order valence-corrected chi connectivity index (χ0v) is 18.5. The molecule has 164 valence electrons. The molecule has 0 aliphatic carbocycles. The number of nitrogens with zero attached hydrogens (tertiary/aromatic N) is 5. The smallest absolute Gasteiger partial charge is 0.317 e. The molecule has 0 spiro atoms. The van der Waals surface area contributed by atoms with Crippen molar-refractivity contribution < 1.29 is 9.53 Å². The molecule has 2 saturated heterocycles. The number of ether oxygens (including phenoxy) is 1. The van der Waals surface area contributed by atoms with Crippen LogP contribution < -0.4 is 15.0 Å². The van der Waals surface area contributed by atoms with Crippen molar-refractivity contribution in [1.82, 2.24) is 20.2 Å². The van der Waals surface area contributed by atoms with Crippen LogP contribution >= 0.6 is 11.6 Å². The summed E-state index contributed by atoms with van der Waals surface area (Å²) >= 11 is 5.84. The van der Waals surface area contributed by atoms with Crippen LogP contribution in [0.5, 0.6) is 5.75 Å². The van der Waals surface area contributed by atoms with Crippen molar-refractivity contribution in [1.29, 1.82) is 0 Å². The number of urea groups is 1. The molecule has 0 radical (unpaired) electrons. The molecule has 0 atom stereocenters. The van der Waals surface area contributed by atoms with E-state index in [0.29, 0.717) is 26.2 Å². The fourth-order valence-corrected chi connectivity index (χ4v) is 3.70. The second-order valence-corrected chi connectivity index (χ2v) is 8.24. The Hall–Kier alpha value is -2.87. The molecule has 2 aliphatic heterocycles. The Labute approximate surface area is 187 Å². The molecule has 4 rings (SSSR count). The van der Waals surface area contributed by atoms with E-state index in [2.05, 4.69) is 32.1 Å². The standard InChI is InChI=1S/C22H27ClN6O2/c1-3-4-9-24-20-15(2)6-5-7-18(20)31-17-13-29(14-17)22(30)26-16-11-28(12-16)19-8-10-25-21(23)27-19/h5-10,16-17H,3-4,11-14H2,1-2H3,(H,26,30). The van der Waals surface area contributed by atoms with E-state index in [-0.39, 0.29) is 23.5 Å². The summed E-state index contributed by atoms with van der Waals surface area (Å²) in [5.41, 5.74) is 1.96. The number of carbonyl (C=O) groups is 1. The summed E-state index contributed by atoms with van der Waals surface area (Å²) < 4.78 is 6.13. The second kappa shape index (κ2) is 9.51. The van der Waals surface area contributed by atoms with E-state index in [0.717, 1.165) is 35.7 Å². The number of aromatic nitrogens is 2. The average Bonchev–Trinajstić information content (AvgIpc) is 2.68. The number of rotatable bonds is 7. The van der Waals surface area contributed by atoms with Crippen LogP contribution in [0.15, 0.2) is 35.5 Å². The topological polar surface area (TPSA) is 83.0 Å². The molecule has 2 aromatic rings. The Kier molecular flexibility index (Phi) is 6.56. The molecule has 9 heteroatoms. The van der Waals surface area contributed by atoms with Gasteiger partial charge in [0.05, 0.1) is 19.1 Å². The highest BCUT2D eigenvalue weighted by molar-refractivity contribution is 6.28. The predicted octanol–water partition coefficient (Wildman–Crippen LogP) is 3.60. The van der Waals surface area contributed by atoms with Crippen molar-refractivity contribution in [2.24, 2.45) is 4.99 Å². The van der Waals surface area contributed by atoms with Crippen LogP contribution in [-0.4, -0.2) is 65.4 Å². The van der Waals surface area contributed by atoms with E-state index in [1.165, 1.54) is 0 Å². The maximum atomic E-state index is 12.5. The van der Waals surface area contributed by atoms with E-state index in [4.69, 9.17) is 16.3 Å². The number of anilines is 1. The van der Waals surface area contributed by atoms with Crippen LogP contribution in [0.4, 0.5) is 16.3 Å². The van der Waals surface area contributed by atoms with Gasteiger partial charge >= 0.3 is 6.03 Å². The first-order valence-corrected chi connectivity index (χ1v) is 11.0. The van der Waals surface area contributed by atoms with Gasteiger partial charge < -0.3 is 19.9 Å². The van der Waals surface area contributed by atoms with Gasteiger partial charge in [0.15, 0.2) is 0 Å². The van der Waals surface area contributed by atoms with Crippen molar-refractivity contribution in [2.75, 3.05) is 31.1 Å². The third-order valence-corrected chi connectivity index (χ3v) is 5.59. The largest absolute Gasteiger partial charge is 0.484 e. The molecule has 3 heterocycles. The maximum Gasteiger partial charge on any atom is 0.317 e. The lowest BCUT2D eigenvalue weighted by atomic mass is 10.1. The van der Waals surface area contributed by atoms with Gasteiger partial charge in [-0.15, -0.1) is 0 Å². The number of likely N-dealkylation sites (tertiary alicyclic amines) is 1. The van der Waals surface area contributed by atoms with Crippen molar-refractivity contribution in [2.45, 2.75) is 38.8 Å². The van der Waals surface area contributed by atoms with E-state index in [1.54, 1.807) is 11.1 Å². The Morgan fingerprint density at radius 1 is 1.32 bits per heavy atom. The van der Waals surface area contributed by atoms with Gasteiger partial charge in [0.25, 0.3) is 0 Å². The maximum absolute atomic E-state index is 12.5. The van der Waals surface area contributed by atoms with Gasteiger partial charge in [-0.05, 0) is 42.6 Å². The van der Waals surface area contributed by atoms with Crippen LogP contribution in [0.2, 0.25) is 5.28 Å². The molecule has 1 N–H and O–H groups in total. The lowest BCUT2D eigenvalue weighted by Crippen LogP contribution is -2.65. The molecular weight excluding hydrogens is 416 g/mol. The van der Waals surface area contributed by atoms with E-state index in [9.17, 15) is 4.79 Å². The number of carbonyl (C=O) groups excluding carboxylic acids is 1. The lowest BCUT2D eigenvalue weighted by Gasteiger charge is -2.44. The summed E-state index contributed by atoms with van der Waals surface area (Å²) in [6.45, 7) is 6.70. The molecule has 0 unspecified atom stereocenters. The number of aryl methyl sites for hydroxylation is 1. The third kappa shape index (κ3) is 5.07. The highest BCUT2D eigenvalue weighted by Gasteiger charge is 2.36. The molecule has 1 aromatic carbocycles. The van der Waals surface area contributed by atoms with Gasteiger partial charge in [-0.25, -0.2) is 14.8 Å². The second-order valence-electron chi connectivity index (χ2n) is 7.90. The van der Waals surface area contributed by atoms with Crippen LogP contribution in [-0.2, 0) is 0 Å². The van der Waals surface area contributed by atoms with Gasteiger partial charge in [0, 0.05) is 25.5 Å². The first kappa shape index (κ1) is 21.4. The predicted molar refractivity (Wildman–Crippen MR) is 122 cm³/mol. The number of hydrogen-bond donors (Lipinski definition) is 1. The molecule has 0 bridgehead atoms.